The number of nitrogens with one attached hydrogen (secondary N) is 1. The maximum absolute atomic E-state index is 6.27. The summed E-state index contributed by atoms with van der Waals surface area (Å²) < 4.78 is 11.4. The number of rotatable bonds is 1. The van der Waals surface area contributed by atoms with Crippen molar-refractivity contribution in [1.29, 1.82) is 0 Å². The van der Waals surface area contributed by atoms with Crippen LogP contribution in [0.25, 0.3) is 0 Å². The van der Waals surface area contributed by atoms with Crippen molar-refractivity contribution < 1.29 is 9.47 Å². The molecule has 1 fully saturated rings. The molecule has 0 bridgehead atoms. The highest BCUT2D eigenvalue weighted by Crippen LogP contribution is 2.44. The van der Waals surface area contributed by atoms with Gasteiger partial charge >= 0.3 is 0 Å². The molecule has 0 amide bonds. The Balaban J connectivity index is 2.12. The molecule has 0 aliphatic carbocycles. The van der Waals surface area contributed by atoms with E-state index in [1.54, 1.807) is 0 Å². The van der Waals surface area contributed by atoms with Gasteiger partial charge in [0, 0.05) is 22.7 Å². The molecule has 2 heterocycles. The van der Waals surface area contributed by atoms with Crippen LogP contribution >= 0.6 is 11.6 Å². The molecule has 1 N–H and O–H groups in total. The molecule has 1 aromatic rings. The zero-order valence-corrected chi connectivity index (χ0v) is 10.6. The van der Waals surface area contributed by atoms with E-state index in [1.807, 2.05) is 6.07 Å². The lowest BCUT2D eigenvalue weighted by atomic mass is 9.98. The summed E-state index contributed by atoms with van der Waals surface area (Å²) in [5, 5.41) is 4.26. The van der Waals surface area contributed by atoms with E-state index in [4.69, 9.17) is 21.1 Å². The largest absolute Gasteiger partial charge is 0.486 e. The molecule has 4 heteroatoms. The second-order valence-corrected chi connectivity index (χ2v) is 4.98. The fourth-order valence-corrected chi connectivity index (χ4v) is 2.82. The van der Waals surface area contributed by atoms with E-state index in [0.29, 0.717) is 19.3 Å². The predicted molar refractivity (Wildman–Crippen MR) is 67.2 cm³/mol. The molecule has 3 nitrogen and oxygen atoms in total. The molecule has 0 radical (unpaired) electrons. The fourth-order valence-electron chi connectivity index (χ4n) is 2.62. The van der Waals surface area contributed by atoms with Crippen LogP contribution in [0, 0.1) is 6.92 Å². The third-order valence-corrected chi connectivity index (χ3v) is 3.88. The molecule has 1 atom stereocenters. The molecule has 2 aliphatic rings. The SMILES string of the molecule is Cc1c(Cl)cc2c(c1C1CCCN1)OCCO2. The maximum Gasteiger partial charge on any atom is 0.166 e. The van der Waals surface area contributed by atoms with Gasteiger partial charge in [0.05, 0.1) is 0 Å². The first-order valence-electron chi connectivity index (χ1n) is 6.09. The lowest BCUT2D eigenvalue weighted by Crippen LogP contribution is -2.21. The van der Waals surface area contributed by atoms with E-state index in [2.05, 4.69) is 12.2 Å². The van der Waals surface area contributed by atoms with Gasteiger partial charge in [0.1, 0.15) is 13.2 Å². The number of fused-ring (bicyclic) bond motifs is 1. The number of hydrogen-bond acceptors (Lipinski definition) is 3. The molecule has 1 unspecified atom stereocenters. The molecular weight excluding hydrogens is 238 g/mol. The highest BCUT2D eigenvalue weighted by Gasteiger charge is 2.27. The summed E-state index contributed by atoms with van der Waals surface area (Å²) in [6.07, 6.45) is 2.34. The Bertz CT molecular complexity index is 442. The standard InChI is InChI=1S/C13H16ClNO2/c1-8-9(14)7-11-13(17-6-5-16-11)12(8)10-3-2-4-15-10/h7,10,15H,2-6H2,1H3. The second-order valence-electron chi connectivity index (χ2n) is 4.57. The quantitative estimate of drug-likeness (QED) is 0.835. The second kappa shape index (κ2) is 4.39. The van der Waals surface area contributed by atoms with Gasteiger partial charge in [0.2, 0.25) is 0 Å². The Morgan fingerprint density at radius 1 is 1.35 bits per heavy atom. The summed E-state index contributed by atoms with van der Waals surface area (Å²) in [6.45, 7) is 4.33. The van der Waals surface area contributed by atoms with Gasteiger partial charge in [-0.05, 0) is 31.9 Å². The maximum atomic E-state index is 6.27. The van der Waals surface area contributed by atoms with Gasteiger partial charge in [0.15, 0.2) is 11.5 Å². The van der Waals surface area contributed by atoms with Crippen molar-refractivity contribution in [2.24, 2.45) is 0 Å². The average Bonchev–Trinajstić information content (AvgIpc) is 2.84. The van der Waals surface area contributed by atoms with Crippen molar-refractivity contribution in [2.45, 2.75) is 25.8 Å². The lowest BCUT2D eigenvalue weighted by Gasteiger charge is -2.26. The smallest absolute Gasteiger partial charge is 0.166 e. The Morgan fingerprint density at radius 2 is 2.18 bits per heavy atom. The summed E-state index contributed by atoms with van der Waals surface area (Å²) in [4.78, 5) is 0. The van der Waals surface area contributed by atoms with Crippen LogP contribution in [0.4, 0.5) is 0 Å². The van der Waals surface area contributed by atoms with Gasteiger partial charge < -0.3 is 14.8 Å². The number of halogens is 1. The topological polar surface area (TPSA) is 30.5 Å². The van der Waals surface area contributed by atoms with Gasteiger partial charge in [0.25, 0.3) is 0 Å². The zero-order chi connectivity index (χ0) is 11.8. The van der Waals surface area contributed by atoms with Crippen molar-refractivity contribution in [3.63, 3.8) is 0 Å². The van der Waals surface area contributed by atoms with E-state index >= 15 is 0 Å². The van der Waals surface area contributed by atoms with Crippen LogP contribution in [-0.2, 0) is 0 Å². The van der Waals surface area contributed by atoms with E-state index in [0.717, 1.165) is 35.1 Å². The molecule has 17 heavy (non-hydrogen) atoms. The first kappa shape index (κ1) is 11.2. The van der Waals surface area contributed by atoms with Crippen LogP contribution in [0.5, 0.6) is 11.5 Å². The number of benzene rings is 1. The average molecular weight is 254 g/mol. The third-order valence-electron chi connectivity index (χ3n) is 3.48. The van der Waals surface area contributed by atoms with Crippen LogP contribution in [0.3, 0.4) is 0 Å². The van der Waals surface area contributed by atoms with Gasteiger partial charge in [-0.15, -0.1) is 0 Å². The van der Waals surface area contributed by atoms with Crippen LogP contribution in [0.15, 0.2) is 6.07 Å². The summed E-state index contributed by atoms with van der Waals surface area (Å²) in [7, 11) is 0. The molecule has 0 aromatic heterocycles. The van der Waals surface area contributed by atoms with Gasteiger partial charge in [-0.25, -0.2) is 0 Å². The molecule has 0 saturated carbocycles. The lowest BCUT2D eigenvalue weighted by molar-refractivity contribution is 0.168. The first-order valence-corrected chi connectivity index (χ1v) is 6.47. The normalized spacial score (nSPS) is 22.8. The fraction of sp³-hybridized carbons (Fsp3) is 0.538. The highest BCUT2D eigenvalue weighted by molar-refractivity contribution is 6.31. The van der Waals surface area contributed by atoms with Crippen LogP contribution in [-0.4, -0.2) is 19.8 Å². The van der Waals surface area contributed by atoms with Crippen LogP contribution < -0.4 is 14.8 Å². The highest BCUT2D eigenvalue weighted by atomic mass is 35.5. The minimum absolute atomic E-state index is 0.351. The predicted octanol–water partition coefficient (Wildman–Crippen LogP) is 2.84. The van der Waals surface area contributed by atoms with Gasteiger partial charge in [-0.1, -0.05) is 11.6 Å². The van der Waals surface area contributed by atoms with Gasteiger partial charge in [-0.3, -0.25) is 0 Å². The Kier molecular flexibility index (Phi) is 2.89. The molecule has 92 valence electrons. The minimum Gasteiger partial charge on any atom is -0.486 e. The van der Waals surface area contributed by atoms with E-state index in [1.165, 1.54) is 12.0 Å². The van der Waals surface area contributed by atoms with Crippen LogP contribution in [0.2, 0.25) is 5.02 Å². The first-order chi connectivity index (χ1) is 8.27. The zero-order valence-electron chi connectivity index (χ0n) is 9.88. The van der Waals surface area contributed by atoms with E-state index in [-0.39, 0.29) is 0 Å². The van der Waals surface area contributed by atoms with Gasteiger partial charge in [-0.2, -0.15) is 0 Å². The monoisotopic (exact) mass is 253 g/mol. The Hall–Kier alpha value is -0.930. The van der Waals surface area contributed by atoms with E-state index in [9.17, 15) is 0 Å². The summed E-state index contributed by atoms with van der Waals surface area (Å²) in [6, 6.07) is 2.22. The third kappa shape index (κ3) is 1.87. The van der Waals surface area contributed by atoms with Crippen LogP contribution in [0.1, 0.15) is 30.0 Å². The molecule has 0 spiro atoms. The van der Waals surface area contributed by atoms with E-state index < -0.39 is 0 Å². The molecule has 1 saturated heterocycles. The summed E-state index contributed by atoms with van der Waals surface area (Å²) in [5.41, 5.74) is 2.29. The van der Waals surface area contributed by atoms with Crippen molar-refractivity contribution in [3.05, 3.63) is 22.2 Å². The van der Waals surface area contributed by atoms with Crippen molar-refractivity contribution in [2.75, 3.05) is 19.8 Å². The number of hydrogen-bond donors (Lipinski definition) is 1. The summed E-state index contributed by atoms with van der Waals surface area (Å²) >= 11 is 6.27. The summed E-state index contributed by atoms with van der Waals surface area (Å²) in [5.74, 6) is 1.67. The molecular formula is C13H16ClNO2. The molecule has 1 aromatic carbocycles. The molecule has 2 aliphatic heterocycles. The van der Waals surface area contributed by atoms with Crippen molar-refractivity contribution >= 4 is 11.6 Å². The Labute approximate surface area is 106 Å². The van der Waals surface area contributed by atoms with Crippen molar-refractivity contribution in [3.8, 4) is 11.5 Å². The number of ether oxygens (including phenoxy) is 2. The van der Waals surface area contributed by atoms with Crippen molar-refractivity contribution in [1.82, 2.24) is 5.32 Å². The minimum atomic E-state index is 0.351. The molecule has 3 rings (SSSR count). The Morgan fingerprint density at radius 3 is 2.94 bits per heavy atom.